The van der Waals surface area contributed by atoms with Gasteiger partial charge >= 0.3 is 5.97 Å². The molecule has 1 saturated carbocycles. The van der Waals surface area contributed by atoms with Gasteiger partial charge in [0.25, 0.3) is 0 Å². The summed E-state index contributed by atoms with van der Waals surface area (Å²) in [5.74, 6) is -0.980. The van der Waals surface area contributed by atoms with Crippen LogP contribution in [-0.4, -0.2) is 30.8 Å². The molecule has 0 radical (unpaired) electrons. The van der Waals surface area contributed by atoms with Crippen LogP contribution in [0.1, 0.15) is 59.3 Å². The summed E-state index contributed by atoms with van der Waals surface area (Å²) in [4.78, 5) is 10.9. The number of hydrogen-bond acceptors (Lipinski definition) is 3. The van der Waals surface area contributed by atoms with Crippen LogP contribution < -0.4 is 4.72 Å². The predicted molar refractivity (Wildman–Crippen MR) is 74.4 cm³/mol. The Morgan fingerprint density at radius 1 is 1.26 bits per heavy atom. The van der Waals surface area contributed by atoms with E-state index in [0.29, 0.717) is 12.8 Å². The number of rotatable bonds is 5. The lowest BCUT2D eigenvalue weighted by atomic mass is 9.85. The van der Waals surface area contributed by atoms with Crippen LogP contribution in [0.4, 0.5) is 0 Å². The summed E-state index contributed by atoms with van der Waals surface area (Å²) in [5, 5.41) is 8.56. The Morgan fingerprint density at radius 2 is 1.79 bits per heavy atom. The third kappa shape index (κ3) is 5.10. The highest BCUT2D eigenvalue weighted by atomic mass is 32.2. The van der Waals surface area contributed by atoms with Crippen molar-refractivity contribution in [1.29, 1.82) is 0 Å². The Hall–Kier alpha value is -0.620. The van der Waals surface area contributed by atoms with Gasteiger partial charge in [-0.05, 0) is 18.3 Å². The second kappa shape index (κ2) is 6.22. The second-order valence-corrected chi connectivity index (χ2v) is 8.43. The van der Waals surface area contributed by atoms with Gasteiger partial charge in [-0.25, -0.2) is 13.1 Å². The summed E-state index contributed by atoms with van der Waals surface area (Å²) < 4.78 is 27.3. The molecule has 0 aliphatic heterocycles. The highest BCUT2D eigenvalue weighted by Gasteiger charge is 2.34. The monoisotopic (exact) mass is 291 g/mol. The molecule has 6 heteroatoms. The van der Waals surface area contributed by atoms with E-state index in [-0.39, 0.29) is 11.7 Å². The molecule has 1 rings (SSSR count). The van der Waals surface area contributed by atoms with Gasteiger partial charge in [-0.2, -0.15) is 0 Å². The highest BCUT2D eigenvalue weighted by molar-refractivity contribution is 7.90. The van der Waals surface area contributed by atoms with Gasteiger partial charge < -0.3 is 5.11 Å². The van der Waals surface area contributed by atoms with E-state index in [4.69, 9.17) is 5.11 Å². The van der Waals surface area contributed by atoms with Crippen LogP contribution in [0.25, 0.3) is 0 Å². The molecule has 0 amide bonds. The normalized spacial score (nSPS) is 20.2. The molecule has 1 atom stereocenters. The first kappa shape index (κ1) is 16.4. The Morgan fingerprint density at radius 3 is 2.21 bits per heavy atom. The van der Waals surface area contributed by atoms with Crippen LogP contribution in [0, 0.1) is 5.41 Å². The second-order valence-electron chi connectivity index (χ2n) is 6.44. The average molecular weight is 291 g/mol. The van der Waals surface area contributed by atoms with E-state index in [0.717, 1.165) is 19.3 Å². The number of aliphatic carboxylic acids is 1. The fourth-order valence-electron chi connectivity index (χ4n) is 2.37. The smallest absolute Gasteiger partial charge is 0.304 e. The van der Waals surface area contributed by atoms with Gasteiger partial charge in [-0.15, -0.1) is 0 Å². The van der Waals surface area contributed by atoms with Gasteiger partial charge in [0.15, 0.2) is 0 Å². The van der Waals surface area contributed by atoms with Crippen molar-refractivity contribution in [3.63, 3.8) is 0 Å². The van der Waals surface area contributed by atoms with E-state index in [1.165, 1.54) is 0 Å². The standard InChI is InChI=1S/C13H25NO4S/c1-13(2,3)11(9-12(15)16)14-19(17,18)10-7-5-4-6-8-10/h10-11,14H,4-9H2,1-3H3,(H,15,16). The third-order valence-corrected chi connectivity index (χ3v) is 5.68. The van der Waals surface area contributed by atoms with Crippen molar-refractivity contribution >= 4 is 16.0 Å². The number of carboxylic acids is 1. The minimum Gasteiger partial charge on any atom is -0.481 e. The van der Waals surface area contributed by atoms with Crippen LogP contribution in [-0.2, 0) is 14.8 Å². The summed E-state index contributed by atoms with van der Waals surface area (Å²) in [6.45, 7) is 5.55. The first-order chi connectivity index (χ1) is 8.63. The van der Waals surface area contributed by atoms with Crippen molar-refractivity contribution in [2.45, 2.75) is 70.6 Å². The number of hydrogen-bond donors (Lipinski definition) is 2. The van der Waals surface area contributed by atoms with Gasteiger partial charge in [0.2, 0.25) is 10.0 Å². The molecular formula is C13H25NO4S. The molecule has 0 saturated heterocycles. The van der Waals surface area contributed by atoms with Crippen molar-refractivity contribution in [3.05, 3.63) is 0 Å². The fourth-order valence-corrected chi connectivity index (χ4v) is 4.35. The zero-order chi connectivity index (χ0) is 14.7. The summed E-state index contributed by atoms with van der Waals surface area (Å²) in [7, 11) is -3.42. The van der Waals surface area contributed by atoms with Gasteiger partial charge in [-0.3, -0.25) is 4.79 Å². The first-order valence-corrected chi connectivity index (χ1v) is 8.40. The third-order valence-electron chi connectivity index (χ3n) is 3.72. The summed E-state index contributed by atoms with van der Waals surface area (Å²) in [6.07, 6.45) is 4.13. The maximum absolute atomic E-state index is 12.3. The molecule has 0 spiro atoms. The van der Waals surface area contributed by atoms with Crippen molar-refractivity contribution in [2.75, 3.05) is 0 Å². The van der Waals surface area contributed by atoms with Crippen molar-refractivity contribution in [2.24, 2.45) is 5.41 Å². The van der Waals surface area contributed by atoms with Crippen LogP contribution in [0.15, 0.2) is 0 Å². The number of carbonyl (C=O) groups is 1. The van der Waals surface area contributed by atoms with Gasteiger partial charge in [-0.1, -0.05) is 40.0 Å². The Kier molecular flexibility index (Phi) is 5.38. The summed E-state index contributed by atoms with van der Waals surface area (Å²) in [6, 6.07) is -0.572. The van der Waals surface area contributed by atoms with Gasteiger partial charge in [0.05, 0.1) is 11.7 Å². The van der Waals surface area contributed by atoms with E-state index in [9.17, 15) is 13.2 Å². The minimum atomic E-state index is -3.42. The molecule has 19 heavy (non-hydrogen) atoms. The van der Waals surface area contributed by atoms with Gasteiger partial charge in [0, 0.05) is 6.04 Å². The number of nitrogens with one attached hydrogen (secondary N) is 1. The number of carboxylic acid groups (broad SMARTS) is 1. The molecule has 2 N–H and O–H groups in total. The van der Waals surface area contributed by atoms with E-state index in [2.05, 4.69) is 4.72 Å². The maximum Gasteiger partial charge on any atom is 0.304 e. The summed E-state index contributed by atoms with van der Waals surface area (Å²) >= 11 is 0. The van der Waals surface area contributed by atoms with E-state index in [1.54, 1.807) is 0 Å². The Balaban J connectivity index is 2.79. The molecule has 0 aromatic carbocycles. The van der Waals surface area contributed by atoms with Crippen LogP contribution in [0.3, 0.4) is 0 Å². The molecular weight excluding hydrogens is 266 g/mol. The Labute approximate surface area is 115 Å². The predicted octanol–water partition coefficient (Wildman–Crippen LogP) is 2.13. The van der Waals surface area contributed by atoms with E-state index < -0.39 is 27.4 Å². The SMILES string of the molecule is CC(C)(C)C(CC(=O)O)NS(=O)(=O)C1CCCCC1. The van der Waals surface area contributed by atoms with Crippen LogP contribution >= 0.6 is 0 Å². The zero-order valence-electron chi connectivity index (χ0n) is 12.0. The van der Waals surface area contributed by atoms with Crippen LogP contribution in [0.2, 0.25) is 0 Å². The average Bonchev–Trinajstić information content (AvgIpc) is 2.27. The quantitative estimate of drug-likeness (QED) is 0.812. The molecule has 1 fully saturated rings. The molecule has 5 nitrogen and oxygen atoms in total. The van der Waals surface area contributed by atoms with Crippen molar-refractivity contribution < 1.29 is 18.3 Å². The molecule has 0 aromatic heterocycles. The number of sulfonamides is 1. The molecule has 0 heterocycles. The Bertz CT molecular complexity index is 405. The first-order valence-electron chi connectivity index (χ1n) is 6.86. The van der Waals surface area contributed by atoms with Crippen molar-refractivity contribution in [3.8, 4) is 0 Å². The lowest BCUT2D eigenvalue weighted by molar-refractivity contribution is -0.138. The highest BCUT2D eigenvalue weighted by Crippen LogP contribution is 2.27. The lowest BCUT2D eigenvalue weighted by Gasteiger charge is -2.32. The fraction of sp³-hybridized carbons (Fsp3) is 0.923. The molecule has 0 bridgehead atoms. The van der Waals surface area contributed by atoms with Gasteiger partial charge in [0.1, 0.15) is 0 Å². The molecule has 1 aliphatic rings. The van der Waals surface area contributed by atoms with E-state index in [1.807, 2.05) is 20.8 Å². The van der Waals surface area contributed by atoms with Crippen LogP contribution in [0.5, 0.6) is 0 Å². The molecule has 112 valence electrons. The van der Waals surface area contributed by atoms with E-state index >= 15 is 0 Å². The minimum absolute atomic E-state index is 0.185. The largest absolute Gasteiger partial charge is 0.481 e. The van der Waals surface area contributed by atoms with Crippen molar-refractivity contribution in [1.82, 2.24) is 4.72 Å². The maximum atomic E-state index is 12.3. The molecule has 1 unspecified atom stereocenters. The zero-order valence-corrected chi connectivity index (χ0v) is 12.8. The summed E-state index contributed by atoms with van der Waals surface area (Å²) in [5.41, 5.74) is -0.417. The molecule has 1 aliphatic carbocycles. The topological polar surface area (TPSA) is 83.5 Å². The molecule has 0 aromatic rings. The lowest BCUT2D eigenvalue weighted by Crippen LogP contribution is -2.48.